The monoisotopic (exact) mass is 522 g/mol. The molecule has 5 nitrogen and oxygen atoms in total. The van der Waals surface area contributed by atoms with Crippen LogP contribution in [0.25, 0.3) is 0 Å². The number of ether oxygens (including phenoxy) is 1. The van der Waals surface area contributed by atoms with Gasteiger partial charge in [0.05, 0.1) is 13.2 Å². The van der Waals surface area contributed by atoms with Crippen LogP contribution in [-0.4, -0.2) is 50.8 Å². The Kier molecular flexibility index (Phi) is 10.1. The molecule has 1 aliphatic heterocycles. The fourth-order valence-corrected chi connectivity index (χ4v) is 3.58. The lowest BCUT2D eigenvalue weighted by molar-refractivity contribution is 0.0341. The van der Waals surface area contributed by atoms with Crippen LogP contribution in [0.15, 0.2) is 59.6 Å². The van der Waals surface area contributed by atoms with Crippen LogP contribution in [-0.2, 0) is 23.2 Å². The quantitative estimate of drug-likeness (QED) is 0.330. The molecule has 0 bridgehead atoms. The topological polar surface area (TPSA) is 48.9 Å². The van der Waals surface area contributed by atoms with Gasteiger partial charge in [-0.3, -0.25) is 9.89 Å². The van der Waals surface area contributed by atoms with Crippen LogP contribution in [0, 0.1) is 0 Å². The van der Waals surface area contributed by atoms with E-state index < -0.39 is 0 Å². The molecule has 1 aliphatic rings. The number of rotatable bonds is 7. The smallest absolute Gasteiger partial charge is 0.191 e. The van der Waals surface area contributed by atoms with E-state index in [9.17, 15) is 0 Å². The molecule has 1 fully saturated rings. The molecule has 0 spiro atoms. The average Bonchev–Trinajstić information content (AvgIpc) is 2.76. The molecule has 2 aromatic rings. The third-order valence-electron chi connectivity index (χ3n) is 5.54. The predicted molar refractivity (Wildman–Crippen MR) is 136 cm³/mol. The zero-order valence-corrected chi connectivity index (χ0v) is 20.7. The first kappa shape index (κ1) is 24.6. The van der Waals surface area contributed by atoms with Crippen LogP contribution in [0.5, 0.6) is 0 Å². The molecule has 2 aromatic carbocycles. The van der Waals surface area contributed by atoms with Crippen molar-refractivity contribution < 1.29 is 4.74 Å². The zero-order chi connectivity index (χ0) is 20.5. The maximum Gasteiger partial charge on any atom is 0.191 e. The number of nitrogens with zero attached hydrogens (tertiary/aromatic N) is 2. The molecule has 6 heteroatoms. The maximum absolute atomic E-state index is 5.47. The normalized spacial score (nSPS) is 15.4. The number of guanidine groups is 1. The Bertz CT molecular complexity index is 789. The Hall–Kier alpha value is -1.64. The molecule has 0 atom stereocenters. The van der Waals surface area contributed by atoms with E-state index in [1.165, 1.54) is 16.7 Å². The lowest BCUT2D eigenvalue weighted by Gasteiger charge is -2.28. The van der Waals surface area contributed by atoms with Crippen LogP contribution in [0.4, 0.5) is 0 Å². The van der Waals surface area contributed by atoms with Gasteiger partial charge in [-0.1, -0.05) is 68.4 Å². The Morgan fingerprint density at radius 1 is 0.967 bits per heavy atom. The minimum atomic E-state index is 0. The van der Waals surface area contributed by atoms with Crippen molar-refractivity contribution >= 4 is 29.9 Å². The molecule has 0 unspecified atom stereocenters. The molecule has 0 radical (unpaired) electrons. The van der Waals surface area contributed by atoms with Crippen molar-refractivity contribution in [2.75, 3.05) is 39.9 Å². The largest absolute Gasteiger partial charge is 0.379 e. The van der Waals surface area contributed by atoms with Crippen LogP contribution in [0.3, 0.4) is 0 Å². The third-order valence-corrected chi connectivity index (χ3v) is 5.54. The van der Waals surface area contributed by atoms with Crippen molar-refractivity contribution in [1.29, 1.82) is 0 Å². The summed E-state index contributed by atoms with van der Waals surface area (Å²) < 4.78 is 5.47. The summed E-state index contributed by atoms with van der Waals surface area (Å²) in [6.07, 6.45) is 0. The number of benzene rings is 2. The lowest BCUT2D eigenvalue weighted by atomic mass is 9.85. The van der Waals surface area contributed by atoms with E-state index in [0.29, 0.717) is 0 Å². The molecule has 1 saturated heterocycles. The number of hydrogen-bond donors (Lipinski definition) is 2. The van der Waals surface area contributed by atoms with E-state index >= 15 is 0 Å². The van der Waals surface area contributed by atoms with E-state index in [4.69, 9.17) is 4.74 Å². The molecular formula is C24H35IN4O. The third kappa shape index (κ3) is 7.25. The summed E-state index contributed by atoms with van der Waals surface area (Å²) in [6.45, 7) is 10.7. The minimum absolute atomic E-state index is 0. The molecule has 164 valence electrons. The summed E-state index contributed by atoms with van der Waals surface area (Å²) in [5, 5.41) is 6.97. The fraction of sp³-hybridized carbons (Fsp3) is 0.458. The van der Waals surface area contributed by atoms with Crippen molar-refractivity contribution in [2.45, 2.75) is 32.4 Å². The summed E-state index contributed by atoms with van der Waals surface area (Å²) in [6, 6.07) is 19.3. The second kappa shape index (κ2) is 12.3. The van der Waals surface area contributed by atoms with Gasteiger partial charge in [-0.05, 0) is 16.7 Å². The zero-order valence-electron chi connectivity index (χ0n) is 18.4. The first-order valence-corrected chi connectivity index (χ1v) is 10.5. The molecule has 3 rings (SSSR count). The van der Waals surface area contributed by atoms with Gasteiger partial charge in [-0.15, -0.1) is 24.0 Å². The highest BCUT2D eigenvalue weighted by Gasteiger charge is 2.20. The Balaban J connectivity index is 0.00000320. The summed E-state index contributed by atoms with van der Waals surface area (Å²) in [4.78, 5) is 6.87. The summed E-state index contributed by atoms with van der Waals surface area (Å²) >= 11 is 0. The van der Waals surface area contributed by atoms with Crippen molar-refractivity contribution in [1.82, 2.24) is 15.5 Å². The van der Waals surface area contributed by atoms with Crippen molar-refractivity contribution in [3.63, 3.8) is 0 Å². The van der Waals surface area contributed by atoms with Gasteiger partial charge in [0.2, 0.25) is 0 Å². The van der Waals surface area contributed by atoms with E-state index in [-0.39, 0.29) is 29.4 Å². The Morgan fingerprint density at radius 3 is 2.27 bits per heavy atom. The predicted octanol–water partition coefficient (Wildman–Crippen LogP) is 3.78. The number of hydrogen-bond acceptors (Lipinski definition) is 3. The first-order chi connectivity index (χ1) is 14.1. The lowest BCUT2D eigenvalue weighted by Crippen LogP contribution is -2.43. The van der Waals surface area contributed by atoms with Gasteiger partial charge in [-0.25, -0.2) is 0 Å². The average molecular weight is 522 g/mol. The SMILES string of the molecule is CN=C(NCc1ccccc1CN1CCOCC1)NCC(C)(C)c1ccccc1.I. The van der Waals surface area contributed by atoms with Gasteiger partial charge in [0.15, 0.2) is 5.96 Å². The van der Waals surface area contributed by atoms with E-state index in [1.54, 1.807) is 0 Å². The molecule has 0 saturated carbocycles. The van der Waals surface area contributed by atoms with Crippen LogP contribution >= 0.6 is 24.0 Å². The number of morpholine rings is 1. The molecule has 30 heavy (non-hydrogen) atoms. The standard InChI is InChI=1S/C24H34N4O.HI/c1-24(2,22-11-5-4-6-12-22)19-27-23(25-3)26-17-20-9-7-8-10-21(20)18-28-13-15-29-16-14-28;/h4-12H,13-19H2,1-3H3,(H2,25,26,27);1H. The molecular weight excluding hydrogens is 487 g/mol. The second-order valence-corrected chi connectivity index (χ2v) is 8.19. The molecule has 2 N–H and O–H groups in total. The minimum Gasteiger partial charge on any atom is -0.379 e. The molecule has 0 aliphatic carbocycles. The first-order valence-electron chi connectivity index (χ1n) is 10.5. The highest BCUT2D eigenvalue weighted by Crippen LogP contribution is 2.21. The highest BCUT2D eigenvalue weighted by molar-refractivity contribution is 14.0. The second-order valence-electron chi connectivity index (χ2n) is 8.19. The van der Waals surface area contributed by atoms with E-state index in [2.05, 4.69) is 89.0 Å². The van der Waals surface area contributed by atoms with Gasteiger partial charge in [0.1, 0.15) is 0 Å². The van der Waals surface area contributed by atoms with Crippen molar-refractivity contribution in [3.8, 4) is 0 Å². The van der Waals surface area contributed by atoms with Gasteiger partial charge in [0, 0.05) is 45.2 Å². The Labute approximate surface area is 198 Å². The summed E-state index contributed by atoms with van der Waals surface area (Å²) in [5.74, 6) is 0.829. The van der Waals surface area contributed by atoms with Crippen molar-refractivity contribution in [2.24, 2.45) is 4.99 Å². The highest BCUT2D eigenvalue weighted by atomic mass is 127. The van der Waals surface area contributed by atoms with Gasteiger partial charge in [-0.2, -0.15) is 0 Å². The summed E-state index contributed by atoms with van der Waals surface area (Å²) in [5.41, 5.74) is 4.01. The summed E-state index contributed by atoms with van der Waals surface area (Å²) in [7, 11) is 1.82. The number of halogens is 1. The van der Waals surface area contributed by atoms with Crippen LogP contribution in [0.2, 0.25) is 0 Å². The molecule has 0 amide bonds. The van der Waals surface area contributed by atoms with Crippen LogP contribution < -0.4 is 10.6 Å². The van der Waals surface area contributed by atoms with E-state index in [1.807, 2.05) is 7.05 Å². The Morgan fingerprint density at radius 2 is 1.60 bits per heavy atom. The number of nitrogens with one attached hydrogen (secondary N) is 2. The molecule has 1 heterocycles. The fourth-order valence-electron chi connectivity index (χ4n) is 3.58. The van der Waals surface area contributed by atoms with Gasteiger partial charge >= 0.3 is 0 Å². The van der Waals surface area contributed by atoms with Gasteiger partial charge in [0.25, 0.3) is 0 Å². The van der Waals surface area contributed by atoms with Gasteiger partial charge < -0.3 is 15.4 Å². The van der Waals surface area contributed by atoms with Crippen LogP contribution in [0.1, 0.15) is 30.5 Å². The molecule has 0 aromatic heterocycles. The van der Waals surface area contributed by atoms with E-state index in [0.717, 1.165) is 51.9 Å². The number of aliphatic imine (C=N–C) groups is 1. The maximum atomic E-state index is 5.47. The van der Waals surface area contributed by atoms with Crippen molar-refractivity contribution in [3.05, 3.63) is 71.3 Å².